The van der Waals surface area contributed by atoms with Crippen LogP contribution in [-0.2, 0) is 9.47 Å². The molecule has 108 valence electrons. The van der Waals surface area contributed by atoms with Crippen LogP contribution in [0.4, 0.5) is 26.3 Å². The Hall–Kier alpha value is -1.60. The zero-order valence-electron chi connectivity index (χ0n) is 9.57. The van der Waals surface area contributed by atoms with Crippen molar-refractivity contribution in [2.75, 3.05) is 13.2 Å². The number of hydrogen-bond donors (Lipinski definition) is 0. The van der Waals surface area contributed by atoms with Crippen LogP contribution in [0.3, 0.4) is 0 Å². The third-order valence-electron chi connectivity index (χ3n) is 2.26. The molecule has 0 bridgehead atoms. The highest BCUT2D eigenvalue weighted by molar-refractivity contribution is 5.34. The molecule has 1 rings (SSSR count). The van der Waals surface area contributed by atoms with Gasteiger partial charge in [0, 0.05) is 0 Å². The van der Waals surface area contributed by atoms with E-state index in [-0.39, 0.29) is 0 Å². The van der Waals surface area contributed by atoms with Crippen LogP contribution in [-0.4, -0.2) is 31.0 Å². The van der Waals surface area contributed by atoms with Crippen molar-refractivity contribution in [2.24, 2.45) is 0 Å². The summed E-state index contributed by atoms with van der Waals surface area (Å²) >= 11 is 0. The van der Waals surface area contributed by atoms with Crippen LogP contribution in [0.25, 0.3) is 0 Å². The maximum atomic E-state index is 13.3. The molecule has 0 amide bonds. The third-order valence-corrected chi connectivity index (χ3v) is 2.26. The topological polar surface area (TPSA) is 18.5 Å². The maximum absolute atomic E-state index is 13.3. The first kappa shape index (κ1) is 15.5. The molecule has 0 fully saturated rings. The van der Waals surface area contributed by atoms with Crippen molar-refractivity contribution in [3.63, 3.8) is 0 Å². The molecule has 0 aromatic carbocycles. The van der Waals surface area contributed by atoms with E-state index < -0.39 is 42.5 Å². The first-order chi connectivity index (χ1) is 8.64. The lowest BCUT2D eigenvalue weighted by atomic mass is 10.1. The minimum Gasteiger partial charge on any atom is -0.484 e. The van der Waals surface area contributed by atoms with Crippen LogP contribution >= 0.6 is 0 Å². The van der Waals surface area contributed by atoms with E-state index in [1.54, 1.807) is 0 Å². The standard InChI is InChI=1S/C11H10F6O2/c1-3-5-18-7-8(19-6-4-2)10(14,15)11(16,17)9(7,12)13/h3-4H,1-2,5-6H2. The first-order valence-corrected chi connectivity index (χ1v) is 5.00. The fraction of sp³-hybridized carbons (Fsp3) is 0.455. The Morgan fingerprint density at radius 2 is 1.11 bits per heavy atom. The van der Waals surface area contributed by atoms with Gasteiger partial charge in [-0.1, -0.05) is 25.3 Å². The van der Waals surface area contributed by atoms with Gasteiger partial charge in [0.1, 0.15) is 13.2 Å². The van der Waals surface area contributed by atoms with E-state index in [0.29, 0.717) is 0 Å². The van der Waals surface area contributed by atoms with Gasteiger partial charge >= 0.3 is 17.8 Å². The Bertz CT molecular complexity index is 377. The normalized spacial score (nSPS) is 23.1. The van der Waals surface area contributed by atoms with Gasteiger partial charge in [0.25, 0.3) is 0 Å². The molecule has 1 aliphatic carbocycles. The molecular weight excluding hydrogens is 278 g/mol. The molecule has 2 nitrogen and oxygen atoms in total. The zero-order chi connectivity index (χ0) is 14.9. The molecule has 0 heterocycles. The Balaban J connectivity index is 3.31. The lowest BCUT2D eigenvalue weighted by molar-refractivity contribution is -0.276. The second-order valence-electron chi connectivity index (χ2n) is 3.58. The summed E-state index contributed by atoms with van der Waals surface area (Å²) in [5.41, 5.74) is 0. The Morgan fingerprint density at radius 1 is 0.789 bits per heavy atom. The van der Waals surface area contributed by atoms with Gasteiger partial charge in [-0.2, -0.15) is 26.3 Å². The van der Waals surface area contributed by atoms with Crippen molar-refractivity contribution in [1.29, 1.82) is 0 Å². The molecule has 0 saturated heterocycles. The SMILES string of the molecule is C=CCOC1=C(OCC=C)C(F)(F)C(F)(F)C1(F)F. The molecule has 0 N–H and O–H groups in total. The summed E-state index contributed by atoms with van der Waals surface area (Å²) in [7, 11) is 0. The van der Waals surface area contributed by atoms with Crippen molar-refractivity contribution in [3.8, 4) is 0 Å². The molecule has 0 aromatic heterocycles. The van der Waals surface area contributed by atoms with Gasteiger partial charge in [-0.05, 0) is 0 Å². The number of ether oxygens (including phenoxy) is 2. The fourth-order valence-electron chi connectivity index (χ4n) is 1.36. The number of allylic oxidation sites excluding steroid dienone is 2. The molecule has 1 aliphatic rings. The Labute approximate surface area is 105 Å². The minimum atomic E-state index is -5.63. The predicted octanol–water partition coefficient (Wildman–Crippen LogP) is 3.52. The molecule has 8 heteroatoms. The van der Waals surface area contributed by atoms with Gasteiger partial charge in [0.05, 0.1) is 0 Å². The van der Waals surface area contributed by atoms with Gasteiger partial charge in [-0.3, -0.25) is 0 Å². The number of alkyl halides is 6. The third kappa shape index (κ3) is 2.08. The van der Waals surface area contributed by atoms with Crippen molar-refractivity contribution in [2.45, 2.75) is 17.8 Å². The van der Waals surface area contributed by atoms with Gasteiger partial charge in [0.2, 0.25) is 11.5 Å². The van der Waals surface area contributed by atoms with Crippen molar-refractivity contribution < 1.29 is 35.8 Å². The summed E-state index contributed by atoms with van der Waals surface area (Å²) < 4.78 is 88.0. The Morgan fingerprint density at radius 3 is 1.37 bits per heavy atom. The number of hydrogen-bond acceptors (Lipinski definition) is 2. The summed E-state index contributed by atoms with van der Waals surface area (Å²) in [6.07, 6.45) is 1.89. The molecule has 0 aromatic rings. The quantitative estimate of drug-likeness (QED) is 0.550. The minimum absolute atomic E-state index is 0.641. The summed E-state index contributed by atoms with van der Waals surface area (Å²) in [5.74, 6) is -19.7. The van der Waals surface area contributed by atoms with E-state index in [0.717, 1.165) is 12.2 Å². The highest BCUT2D eigenvalue weighted by Gasteiger charge is 2.83. The van der Waals surface area contributed by atoms with Crippen LogP contribution in [0.5, 0.6) is 0 Å². The largest absolute Gasteiger partial charge is 0.484 e. The van der Waals surface area contributed by atoms with E-state index in [4.69, 9.17) is 0 Å². The average Bonchev–Trinajstić information content (AvgIpc) is 2.40. The highest BCUT2D eigenvalue weighted by atomic mass is 19.3. The molecule has 0 saturated carbocycles. The van der Waals surface area contributed by atoms with Crippen molar-refractivity contribution in [3.05, 3.63) is 36.8 Å². The van der Waals surface area contributed by atoms with E-state index in [2.05, 4.69) is 22.6 Å². The second kappa shape index (κ2) is 4.82. The summed E-state index contributed by atoms with van der Waals surface area (Å²) in [5, 5.41) is 0. The van der Waals surface area contributed by atoms with Crippen LogP contribution in [0.1, 0.15) is 0 Å². The molecular formula is C11H10F6O2. The van der Waals surface area contributed by atoms with Gasteiger partial charge in [0.15, 0.2) is 0 Å². The summed E-state index contributed by atoms with van der Waals surface area (Å²) in [6.45, 7) is 4.93. The van der Waals surface area contributed by atoms with Crippen molar-refractivity contribution >= 4 is 0 Å². The van der Waals surface area contributed by atoms with Gasteiger partial charge in [-0.25, -0.2) is 0 Å². The van der Waals surface area contributed by atoms with E-state index in [1.807, 2.05) is 0 Å². The number of rotatable bonds is 6. The lowest BCUT2D eigenvalue weighted by Gasteiger charge is -2.24. The highest BCUT2D eigenvalue weighted by Crippen LogP contribution is 2.59. The lowest BCUT2D eigenvalue weighted by Crippen LogP contribution is -2.49. The van der Waals surface area contributed by atoms with Crippen LogP contribution in [0, 0.1) is 0 Å². The first-order valence-electron chi connectivity index (χ1n) is 5.00. The second-order valence-corrected chi connectivity index (χ2v) is 3.58. The van der Waals surface area contributed by atoms with Crippen LogP contribution in [0.15, 0.2) is 36.8 Å². The molecule has 0 atom stereocenters. The molecule has 19 heavy (non-hydrogen) atoms. The van der Waals surface area contributed by atoms with Crippen LogP contribution in [0.2, 0.25) is 0 Å². The van der Waals surface area contributed by atoms with E-state index in [9.17, 15) is 26.3 Å². The molecule has 0 spiro atoms. The number of halogens is 6. The van der Waals surface area contributed by atoms with Gasteiger partial charge < -0.3 is 9.47 Å². The van der Waals surface area contributed by atoms with Crippen molar-refractivity contribution in [1.82, 2.24) is 0 Å². The molecule has 0 aliphatic heterocycles. The fourth-order valence-corrected chi connectivity index (χ4v) is 1.36. The predicted molar refractivity (Wildman–Crippen MR) is 54.2 cm³/mol. The van der Waals surface area contributed by atoms with E-state index >= 15 is 0 Å². The zero-order valence-corrected chi connectivity index (χ0v) is 9.57. The molecule has 0 unspecified atom stereocenters. The summed E-state index contributed by atoms with van der Waals surface area (Å²) in [6, 6.07) is 0. The van der Waals surface area contributed by atoms with Crippen LogP contribution < -0.4 is 0 Å². The average molecular weight is 288 g/mol. The van der Waals surface area contributed by atoms with E-state index in [1.165, 1.54) is 0 Å². The Kier molecular flexibility index (Phi) is 3.92. The summed E-state index contributed by atoms with van der Waals surface area (Å²) in [4.78, 5) is 0. The monoisotopic (exact) mass is 288 g/mol. The van der Waals surface area contributed by atoms with Gasteiger partial charge in [-0.15, -0.1) is 0 Å². The molecule has 0 radical (unpaired) electrons. The maximum Gasteiger partial charge on any atom is 0.387 e. The smallest absolute Gasteiger partial charge is 0.387 e.